The van der Waals surface area contributed by atoms with Gasteiger partial charge in [0.15, 0.2) is 0 Å². The van der Waals surface area contributed by atoms with Crippen LogP contribution in [0.25, 0.3) is 0 Å². The van der Waals surface area contributed by atoms with Crippen molar-refractivity contribution in [1.29, 1.82) is 0 Å². The Kier molecular flexibility index (Phi) is 2.62. The lowest BCUT2D eigenvalue weighted by molar-refractivity contribution is -0.138. The monoisotopic (exact) mass is 184 g/mol. The largest absolute Gasteiger partial charge is 0.480 e. The second-order valence-corrected chi connectivity index (χ2v) is 2.89. The summed E-state index contributed by atoms with van der Waals surface area (Å²) in [5.41, 5.74) is 6.97. The van der Waals surface area contributed by atoms with Gasteiger partial charge in [-0.3, -0.25) is 4.79 Å². The summed E-state index contributed by atoms with van der Waals surface area (Å²) in [4.78, 5) is 10.4. The van der Waals surface area contributed by atoms with Crippen molar-refractivity contribution in [2.45, 2.75) is 26.4 Å². The fourth-order valence-corrected chi connectivity index (χ4v) is 0.885. The van der Waals surface area contributed by atoms with E-state index in [0.717, 1.165) is 11.4 Å². The van der Waals surface area contributed by atoms with Crippen molar-refractivity contribution in [3.63, 3.8) is 0 Å². The Labute approximate surface area is 75.3 Å². The fraction of sp³-hybridized carbons (Fsp3) is 0.571. The summed E-state index contributed by atoms with van der Waals surface area (Å²) in [7, 11) is 0. The minimum atomic E-state index is -1.03. The molecule has 0 fully saturated rings. The lowest BCUT2D eigenvalue weighted by atomic mass is 10.3. The van der Waals surface area contributed by atoms with Crippen LogP contribution in [0.3, 0.4) is 0 Å². The normalized spacial score (nSPS) is 12.8. The van der Waals surface area contributed by atoms with Crippen LogP contribution in [-0.2, 0) is 11.3 Å². The zero-order chi connectivity index (χ0) is 10.0. The SMILES string of the molecule is Cc1nnn(CC(N)C(=O)O)c1C. The van der Waals surface area contributed by atoms with E-state index in [1.54, 1.807) is 0 Å². The lowest BCUT2D eigenvalue weighted by Crippen LogP contribution is -2.35. The molecule has 1 aromatic heterocycles. The van der Waals surface area contributed by atoms with Gasteiger partial charge in [-0.2, -0.15) is 0 Å². The Morgan fingerprint density at radius 1 is 1.69 bits per heavy atom. The third-order valence-electron chi connectivity index (χ3n) is 1.90. The molecule has 0 radical (unpaired) electrons. The maximum atomic E-state index is 10.4. The molecular formula is C7H12N4O2. The number of aromatic nitrogens is 3. The van der Waals surface area contributed by atoms with Crippen LogP contribution in [0.15, 0.2) is 0 Å². The Morgan fingerprint density at radius 2 is 2.31 bits per heavy atom. The first-order valence-electron chi connectivity index (χ1n) is 3.87. The maximum Gasteiger partial charge on any atom is 0.322 e. The molecule has 3 N–H and O–H groups in total. The lowest BCUT2D eigenvalue weighted by Gasteiger charge is -2.06. The van der Waals surface area contributed by atoms with Gasteiger partial charge >= 0.3 is 5.97 Å². The van der Waals surface area contributed by atoms with Crippen molar-refractivity contribution >= 4 is 5.97 Å². The number of carboxylic acids is 1. The molecule has 0 saturated heterocycles. The van der Waals surface area contributed by atoms with Gasteiger partial charge in [-0.1, -0.05) is 5.21 Å². The highest BCUT2D eigenvalue weighted by molar-refractivity contribution is 5.72. The van der Waals surface area contributed by atoms with Gasteiger partial charge in [0.05, 0.1) is 17.9 Å². The second kappa shape index (κ2) is 3.53. The van der Waals surface area contributed by atoms with Crippen LogP contribution in [0.2, 0.25) is 0 Å². The average molecular weight is 184 g/mol. The smallest absolute Gasteiger partial charge is 0.322 e. The second-order valence-electron chi connectivity index (χ2n) is 2.89. The number of hydrogen-bond acceptors (Lipinski definition) is 4. The average Bonchev–Trinajstić information content (AvgIpc) is 2.36. The molecule has 6 heteroatoms. The highest BCUT2D eigenvalue weighted by atomic mass is 16.4. The Bertz CT molecular complexity index is 320. The predicted octanol–water partition coefficient (Wildman–Crippen LogP) is -0.693. The van der Waals surface area contributed by atoms with Crippen molar-refractivity contribution in [2.75, 3.05) is 0 Å². The first-order chi connectivity index (χ1) is 6.02. The van der Waals surface area contributed by atoms with Crippen molar-refractivity contribution in [3.05, 3.63) is 11.4 Å². The number of aryl methyl sites for hydroxylation is 1. The molecule has 0 bridgehead atoms. The fourth-order valence-electron chi connectivity index (χ4n) is 0.885. The molecule has 1 atom stereocenters. The van der Waals surface area contributed by atoms with E-state index in [1.807, 2.05) is 13.8 Å². The summed E-state index contributed by atoms with van der Waals surface area (Å²) in [6, 6.07) is -0.931. The van der Waals surface area contributed by atoms with Crippen molar-refractivity contribution in [2.24, 2.45) is 5.73 Å². The standard InChI is InChI=1S/C7H12N4O2/c1-4-5(2)11(10-9-4)3-6(8)7(12)13/h6H,3,8H2,1-2H3,(H,12,13). The minimum absolute atomic E-state index is 0.155. The van der Waals surface area contributed by atoms with E-state index in [4.69, 9.17) is 10.8 Å². The van der Waals surface area contributed by atoms with E-state index >= 15 is 0 Å². The number of nitrogens with zero attached hydrogens (tertiary/aromatic N) is 3. The first-order valence-corrected chi connectivity index (χ1v) is 3.87. The molecule has 72 valence electrons. The zero-order valence-electron chi connectivity index (χ0n) is 7.56. The molecule has 13 heavy (non-hydrogen) atoms. The topological polar surface area (TPSA) is 94.0 Å². The summed E-state index contributed by atoms with van der Waals surface area (Å²) in [6.07, 6.45) is 0. The van der Waals surface area contributed by atoms with E-state index < -0.39 is 12.0 Å². The van der Waals surface area contributed by atoms with Gasteiger partial charge in [0.1, 0.15) is 6.04 Å². The molecule has 0 saturated carbocycles. The third kappa shape index (κ3) is 2.03. The van der Waals surface area contributed by atoms with Crippen LogP contribution in [0.1, 0.15) is 11.4 Å². The number of carbonyl (C=O) groups is 1. The van der Waals surface area contributed by atoms with E-state index in [2.05, 4.69) is 10.3 Å². The maximum absolute atomic E-state index is 10.4. The molecule has 0 aliphatic heterocycles. The molecule has 6 nitrogen and oxygen atoms in total. The molecule has 0 amide bonds. The molecule has 1 unspecified atom stereocenters. The molecule has 0 spiro atoms. The number of nitrogens with two attached hydrogens (primary N) is 1. The highest BCUT2D eigenvalue weighted by Crippen LogP contribution is 2.01. The Morgan fingerprint density at radius 3 is 2.69 bits per heavy atom. The molecule has 1 heterocycles. The zero-order valence-corrected chi connectivity index (χ0v) is 7.56. The van der Waals surface area contributed by atoms with Crippen LogP contribution in [0.4, 0.5) is 0 Å². The molecule has 0 aliphatic carbocycles. The van der Waals surface area contributed by atoms with Gasteiger partial charge in [-0.15, -0.1) is 5.10 Å². The van der Waals surface area contributed by atoms with E-state index in [-0.39, 0.29) is 6.54 Å². The van der Waals surface area contributed by atoms with Crippen LogP contribution in [0.5, 0.6) is 0 Å². The van der Waals surface area contributed by atoms with E-state index in [1.165, 1.54) is 4.68 Å². The number of rotatable bonds is 3. The molecule has 1 aromatic rings. The van der Waals surface area contributed by atoms with Crippen LogP contribution in [0, 0.1) is 13.8 Å². The first kappa shape index (κ1) is 9.66. The highest BCUT2D eigenvalue weighted by Gasteiger charge is 2.14. The van der Waals surface area contributed by atoms with Gasteiger partial charge in [0, 0.05) is 0 Å². The summed E-state index contributed by atoms with van der Waals surface area (Å²) in [6.45, 7) is 3.79. The third-order valence-corrected chi connectivity index (χ3v) is 1.90. The number of hydrogen-bond donors (Lipinski definition) is 2. The summed E-state index contributed by atoms with van der Waals surface area (Å²) >= 11 is 0. The van der Waals surface area contributed by atoms with E-state index in [9.17, 15) is 4.79 Å². The molecular weight excluding hydrogens is 172 g/mol. The van der Waals surface area contributed by atoms with Gasteiger partial charge in [-0.25, -0.2) is 4.68 Å². The summed E-state index contributed by atoms with van der Waals surface area (Å²) in [5.74, 6) is -1.03. The summed E-state index contributed by atoms with van der Waals surface area (Å²) < 4.78 is 1.49. The van der Waals surface area contributed by atoms with Gasteiger partial charge in [-0.05, 0) is 13.8 Å². The number of aliphatic carboxylic acids is 1. The van der Waals surface area contributed by atoms with E-state index in [0.29, 0.717) is 0 Å². The quantitative estimate of drug-likeness (QED) is 0.648. The number of carboxylic acid groups (broad SMARTS) is 1. The van der Waals surface area contributed by atoms with Crippen LogP contribution in [-0.4, -0.2) is 32.1 Å². The van der Waals surface area contributed by atoms with Gasteiger partial charge in [0.25, 0.3) is 0 Å². The van der Waals surface area contributed by atoms with Crippen molar-refractivity contribution in [3.8, 4) is 0 Å². The Hall–Kier alpha value is -1.43. The van der Waals surface area contributed by atoms with Crippen LogP contribution < -0.4 is 5.73 Å². The van der Waals surface area contributed by atoms with Crippen LogP contribution >= 0.6 is 0 Å². The Balaban J connectivity index is 2.74. The van der Waals surface area contributed by atoms with Gasteiger partial charge in [0.2, 0.25) is 0 Å². The minimum Gasteiger partial charge on any atom is -0.480 e. The van der Waals surface area contributed by atoms with Crippen molar-refractivity contribution < 1.29 is 9.90 Å². The summed E-state index contributed by atoms with van der Waals surface area (Å²) in [5, 5.41) is 16.1. The molecule has 0 aliphatic rings. The predicted molar refractivity (Wildman–Crippen MR) is 45.1 cm³/mol. The molecule has 1 rings (SSSR count). The van der Waals surface area contributed by atoms with Gasteiger partial charge < -0.3 is 10.8 Å². The molecule has 0 aromatic carbocycles. The van der Waals surface area contributed by atoms with Crippen molar-refractivity contribution in [1.82, 2.24) is 15.0 Å².